The van der Waals surface area contributed by atoms with Crippen molar-refractivity contribution in [2.75, 3.05) is 40.3 Å². The molecule has 0 unspecified atom stereocenters. The molecule has 0 bridgehead atoms. The molecule has 0 N–H and O–H groups in total. The third-order valence-corrected chi connectivity index (χ3v) is 3.89. The van der Waals surface area contributed by atoms with Crippen LogP contribution in [0.4, 0.5) is 4.39 Å². The summed E-state index contributed by atoms with van der Waals surface area (Å²) in [5.41, 5.74) is 1.73. The van der Waals surface area contributed by atoms with Crippen LogP contribution < -0.4 is 0 Å². The molecule has 1 fully saturated rings. The second kappa shape index (κ2) is 7.21. The quantitative estimate of drug-likeness (QED) is 0.841. The van der Waals surface area contributed by atoms with Gasteiger partial charge in [-0.1, -0.05) is 6.07 Å². The molecule has 1 saturated heterocycles. The Labute approximate surface area is 136 Å². The number of benzene rings is 1. The molecule has 6 heteroatoms. The Hall–Kier alpha value is -1.76. The molecule has 1 aliphatic rings. The number of morpholine rings is 1. The summed E-state index contributed by atoms with van der Waals surface area (Å²) in [5, 5.41) is 4.56. The minimum atomic E-state index is -0.251. The van der Waals surface area contributed by atoms with Crippen LogP contribution in [-0.2, 0) is 11.3 Å². The molecule has 124 valence electrons. The number of rotatable bonds is 5. The maximum Gasteiger partial charge on any atom is 0.125 e. The Morgan fingerprint density at radius 1 is 1.35 bits per heavy atom. The van der Waals surface area contributed by atoms with Crippen LogP contribution in [-0.4, -0.2) is 66.0 Å². The number of halogens is 1. The second-order valence-electron chi connectivity index (χ2n) is 6.22. The van der Waals surface area contributed by atoms with Crippen molar-refractivity contribution in [3.63, 3.8) is 0 Å². The lowest BCUT2D eigenvalue weighted by molar-refractivity contribution is -0.0410. The predicted octanol–water partition coefficient (Wildman–Crippen LogP) is 1.77. The van der Waals surface area contributed by atoms with Crippen LogP contribution in [0.15, 0.2) is 36.5 Å². The smallest absolute Gasteiger partial charge is 0.125 e. The van der Waals surface area contributed by atoms with Crippen LogP contribution >= 0.6 is 0 Å². The highest BCUT2D eigenvalue weighted by molar-refractivity contribution is 5.31. The fourth-order valence-corrected chi connectivity index (χ4v) is 2.88. The van der Waals surface area contributed by atoms with Crippen molar-refractivity contribution in [1.82, 2.24) is 19.6 Å². The lowest BCUT2D eigenvalue weighted by atomic mass is 10.2. The van der Waals surface area contributed by atoms with Crippen molar-refractivity contribution >= 4 is 0 Å². The van der Waals surface area contributed by atoms with Crippen LogP contribution in [0.3, 0.4) is 0 Å². The fraction of sp³-hybridized carbons (Fsp3) is 0.471. The Morgan fingerprint density at radius 3 is 3.00 bits per heavy atom. The number of aromatic nitrogens is 2. The van der Waals surface area contributed by atoms with E-state index in [1.54, 1.807) is 10.7 Å². The number of hydrogen-bond donors (Lipinski definition) is 0. The Balaban J connectivity index is 1.62. The fourth-order valence-electron chi connectivity index (χ4n) is 2.88. The summed E-state index contributed by atoms with van der Waals surface area (Å²) in [4.78, 5) is 4.50. The third kappa shape index (κ3) is 4.37. The van der Waals surface area contributed by atoms with E-state index in [0.29, 0.717) is 0 Å². The third-order valence-electron chi connectivity index (χ3n) is 3.89. The summed E-state index contributed by atoms with van der Waals surface area (Å²) >= 11 is 0. The highest BCUT2D eigenvalue weighted by atomic mass is 19.1. The molecular formula is C17H23FN4O. The van der Waals surface area contributed by atoms with Gasteiger partial charge in [-0.2, -0.15) is 5.10 Å². The summed E-state index contributed by atoms with van der Waals surface area (Å²) in [6.45, 7) is 4.29. The summed E-state index contributed by atoms with van der Waals surface area (Å²) in [6.07, 6.45) is 2.12. The van der Waals surface area contributed by atoms with Crippen LogP contribution in [0.5, 0.6) is 0 Å². The van der Waals surface area contributed by atoms with Crippen molar-refractivity contribution in [2.24, 2.45) is 0 Å². The molecule has 0 aliphatic carbocycles. The van der Waals surface area contributed by atoms with Crippen LogP contribution in [0.25, 0.3) is 5.69 Å². The number of nitrogens with zero attached hydrogens (tertiary/aromatic N) is 4. The van der Waals surface area contributed by atoms with E-state index in [0.717, 1.165) is 44.2 Å². The molecule has 1 aromatic carbocycles. The molecule has 1 aliphatic heterocycles. The highest BCUT2D eigenvalue weighted by Crippen LogP contribution is 2.13. The van der Waals surface area contributed by atoms with Crippen molar-refractivity contribution in [3.8, 4) is 5.69 Å². The predicted molar refractivity (Wildman–Crippen MR) is 87.1 cm³/mol. The van der Waals surface area contributed by atoms with Gasteiger partial charge in [0.05, 0.1) is 24.1 Å². The lowest BCUT2D eigenvalue weighted by Gasteiger charge is -2.33. The number of ether oxygens (including phenoxy) is 1. The first-order valence-corrected chi connectivity index (χ1v) is 7.89. The first-order chi connectivity index (χ1) is 11.1. The van der Waals surface area contributed by atoms with Gasteiger partial charge in [0.1, 0.15) is 5.82 Å². The summed E-state index contributed by atoms with van der Waals surface area (Å²) < 4.78 is 20.8. The van der Waals surface area contributed by atoms with E-state index in [4.69, 9.17) is 4.74 Å². The maximum absolute atomic E-state index is 13.3. The van der Waals surface area contributed by atoms with E-state index in [2.05, 4.69) is 29.0 Å². The van der Waals surface area contributed by atoms with Crippen LogP contribution in [0.2, 0.25) is 0 Å². The van der Waals surface area contributed by atoms with Gasteiger partial charge in [-0.3, -0.25) is 4.90 Å². The molecule has 2 heterocycles. The minimum absolute atomic E-state index is 0.240. The van der Waals surface area contributed by atoms with Gasteiger partial charge in [-0.15, -0.1) is 0 Å². The van der Waals surface area contributed by atoms with Crippen LogP contribution in [0, 0.1) is 5.82 Å². The van der Waals surface area contributed by atoms with Crippen LogP contribution in [0.1, 0.15) is 5.69 Å². The molecule has 0 radical (unpaired) electrons. The SMILES string of the molecule is CN(C)C[C@@H]1CN(Cc2ccn(-c3cccc(F)c3)n2)CCO1. The summed E-state index contributed by atoms with van der Waals surface area (Å²) in [6, 6.07) is 8.45. The van der Waals surface area contributed by atoms with E-state index in [1.165, 1.54) is 12.1 Å². The zero-order valence-corrected chi connectivity index (χ0v) is 13.7. The van der Waals surface area contributed by atoms with E-state index in [-0.39, 0.29) is 11.9 Å². The van der Waals surface area contributed by atoms with Crippen molar-refractivity contribution in [1.29, 1.82) is 0 Å². The maximum atomic E-state index is 13.3. The highest BCUT2D eigenvalue weighted by Gasteiger charge is 2.21. The van der Waals surface area contributed by atoms with Crippen molar-refractivity contribution in [3.05, 3.63) is 48.0 Å². The normalized spacial score (nSPS) is 19.4. The zero-order valence-electron chi connectivity index (χ0n) is 13.7. The molecule has 1 atom stereocenters. The van der Waals surface area contributed by atoms with Gasteiger partial charge in [0, 0.05) is 32.4 Å². The molecule has 5 nitrogen and oxygen atoms in total. The molecule has 23 heavy (non-hydrogen) atoms. The van der Waals surface area contributed by atoms with E-state index < -0.39 is 0 Å². The molecule has 1 aromatic heterocycles. The van der Waals surface area contributed by atoms with Gasteiger partial charge in [-0.25, -0.2) is 9.07 Å². The molecule has 0 spiro atoms. The van der Waals surface area contributed by atoms with Gasteiger partial charge in [0.25, 0.3) is 0 Å². The molecule has 2 aromatic rings. The van der Waals surface area contributed by atoms with Gasteiger partial charge < -0.3 is 9.64 Å². The first kappa shape index (κ1) is 16.1. The Bertz CT molecular complexity index is 643. The average molecular weight is 318 g/mol. The number of hydrogen-bond acceptors (Lipinski definition) is 4. The van der Waals surface area contributed by atoms with Gasteiger partial charge in [0.2, 0.25) is 0 Å². The first-order valence-electron chi connectivity index (χ1n) is 7.89. The molecule has 0 amide bonds. The van der Waals surface area contributed by atoms with Crippen molar-refractivity contribution < 1.29 is 9.13 Å². The topological polar surface area (TPSA) is 33.5 Å². The second-order valence-corrected chi connectivity index (χ2v) is 6.22. The monoisotopic (exact) mass is 318 g/mol. The Morgan fingerprint density at radius 2 is 2.22 bits per heavy atom. The van der Waals surface area contributed by atoms with E-state index in [1.807, 2.05) is 18.3 Å². The van der Waals surface area contributed by atoms with Gasteiger partial charge in [0.15, 0.2) is 0 Å². The van der Waals surface area contributed by atoms with Crippen molar-refractivity contribution in [2.45, 2.75) is 12.6 Å². The molecular weight excluding hydrogens is 295 g/mol. The van der Waals surface area contributed by atoms with Gasteiger partial charge >= 0.3 is 0 Å². The minimum Gasteiger partial charge on any atom is -0.374 e. The lowest BCUT2D eigenvalue weighted by Crippen LogP contribution is -2.46. The Kier molecular flexibility index (Phi) is 5.05. The summed E-state index contributed by atoms with van der Waals surface area (Å²) in [5.74, 6) is -0.251. The van der Waals surface area contributed by atoms with E-state index >= 15 is 0 Å². The molecule has 3 rings (SSSR count). The molecule has 0 saturated carbocycles. The van der Waals surface area contributed by atoms with Gasteiger partial charge in [-0.05, 0) is 38.4 Å². The zero-order chi connectivity index (χ0) is 16.2. The standard InChI is InChI=1S/C17H23FN4O/c1-20(2)12-17-13-21(8-9-23-17)11-15-6-7-22(19-15)16-5-3-4-14(18)10-16/h3-7,10,17H,8-9,11-13H2,1-2H3/t17-/m1/s1. The average Bonchev–Trinajstić information content (AvgIpc) is 2.95. The number of likely N-dealkylation sites (N-methyl/N-ethyl adjacent to an activating group) is 1. The van der Waals surface area contributed by atoms with E-state index in [9.17, 15) is 4.39 Å². The summed E-state index contributed by atoms with van der Waals surface area (Å²) in [7, 11) is 4.12. The largest absolute Gasteiger partial charge is 0.374 e.